The van der Waals surface area contributed by atoms with Crippen LogP contribution in [-0.4, -0.2) is 4.98 Å². The van der Waals surface area contributed by atoms with Crippen molar-refractivity contribution >= 4 is 27.6 Å². The number of nitrogens with one attached hydrogen (secondary N) is 1. The highest BCUT2D eigenvalue weighted by Crippen LogP contribution is 2.43. The number of aromatic amines is 1. The van der Waals surface area contributed by atoms with Gasteiger partial charge in [0.25, 0.3) is 0 Å². The van der Waals surface area contributed by atoms with Crippen molar-refractivity contribution in [3.8, 4) is 5.75 Å². The molecule has 1 unspecified atom stereocenters. The average Bonchev–Trinajstić information content (AvgIpc) is 3.37. The van der Waals surface area contributed by atoms with Gasteiger partial charge in [-0.05, 0) is 35.9 Å². The summed E-state index contributed by atoms with van der Waals surface area (Å²) < 4.78 is 12.3. The second-order valence-electron chi connectivity index (χ2n) is 7.09. The number of H-pyrrole nitrogens is 1. The van der Waals surface area contributed by atoms with Crippen LogP contribution in [0.3, 0.4) is 0 Å². The van der Waals surface area contributed by atoms with Crippen molar-refractivity contribution in [2.45, 2.75) is 5.92 Å². The van der Waals surface area contributed by atoms with Crippen LogP contribution in [0.2, 0.25) is 0 Å². The lowest BCUT2D eigenvalue weighted by atomic mass is 9.88. The van der Waals surface area contributed by atoms with Gasteiger partial charge in [0, 0.05) is 34.0 Å². The van der Waals surface area contributed by atoms with Gasteiger partial charge in [-0.25, -0.2) is 0 Å². The second-order valence-corrected chi connectivity index (χ2v) is 7.09. The molecule has 0 saturated heterocycles. The molecule has 0 bridgehead atoms. The zero-order chi connectivity index (χ0) is 18.5. The molecule has 28 heavy (non-hydrogen) atoms. The molecule has 1 atom stereocenters. The number of rotatable bonds is 2. The molecule has 1 aliphatic heterocycles. The molecule has 134 valence electrons. The Balaban J connectivity index is 1.55. The normalized spacial score (nSPS) is 16.0. The van der Waals surface area contributed by atoms with E-state index in [4.69, 9.17) is 9.15 Å². The first-order valence-corrected chi connectivity index (χ1v) is 9.40. The summed E-state index contributed by atoms with van der Waals surface area (Å²) in [6.45, 7) is 0. The zero-order valence-electron chi connectivity index (χ0n) is 15.1. The maximum absolute atomic E-state index is 6.25. The summed E-state index contributed by atoms with van der Waals surface area (Å²) >= 11 is 0. The Bertz CT molecular complexity index is 1320. The number of hydrogen-bond acceptors (Lipinski definition) is 2. The highest BCUT2D eigenvalue weighted by atomic mass is 16.5. The molecule has 5 aromatic rings. The largest absolute Gasteiger partial charge is 0.453 e. The Hall–Kier alpha value is -3.72. The molecule has 1 N–H and O–H groups in total. The summed E-state index contributed by atoms with van der Waals surface area (Å²) in [5.74, 6) is 2.46. The predicted octanol–water partition coefficient (Wildman–Crippen LogP) is 6.48. The quantitative estimate of drug-likeness (QED) is 0.390. The fourth-order valence-electron chi connectivity index (χ4n) is 4.07. The van der Waals surface area contributed by atoms with Crippen LogP contribution in [0.1, 0.15) is 22.8 Å². The van der Waals surface area contributed by atoms with Crippen LogP contribution in [0.15, 0.2) is 95.6 Å². The van der Waals surface area contributed by atoms with Gasteiger partial charge in [0.1, 0.15) is 11.3 Å². The molecule has 2 aromatic heterocycles. The monoisotopic (exact) mass is 363 g/mol. The van der Waals surface area contributed by atoms with Gasteiger partial charge in [0.05, 0.1) is 0 Å². The van der Waals surface area contributed by atoms with Gasteiger partial charge in [-0.3, -0.25) is 0 Å². The highest BCUT2D eigenvalue weighted by molar-refractivity contribution is 5.86. The number of furan rings is 1. The summed E-state index contributed by atoms with van der Waals surface area (Å²) in [4.78, 5) is 3.40. The van der Waals surface area contributed by atoms with Crippen molar-refractivity contribution in [3.63, 3.8) is 0 Å². The molecule has 0 radical (unpaired) electrons. The first-order valence-electron chi connectivity index (χ1n) is 9.40. The van der Waals surface area contributed by atoms with E-state index in [9.17, 15) is 0 Å². The fourth-order valence-corrected chi connectivity index (χ4v) is 4.07. The Morgan fingerprint density at radius 3 is 2.57 bits per heavy atom. The number of allylic oxidation sites excluding steroid dienone is 1. The molecule has 3 aromatic carbocycles. The average molecular weight is 363 g/mol. The number of ether oxygens (including phenoxy) is 1. The lowest BCUT2D eigenvalue weighted by Crippen LogP contribution is -2.09. The van der Waals surface area contributed by atoms with Gasteiger partial charge in [-0.2, -0.15) is 0 Å². The fraction of sp³-hybridized carbons (Fsp3) is 0.0400. The third-order valence-corrected chi connectivity index (χ3v) is 5.42. The van der Waals surface area contributed by atoms with Gasteiger partial charge < -0.3 is 14.1 Å². The summed E-state index contributed by atoms with van der Waals surface area (Å²) in [7, 11) is 0. The van der Waals surface area contributed by atoms with Crippen molar-refractivity contribution in [2.24, 2.45) is 0 Å². The smallest absolute Gasteiger partial charge is 0.170 e. The topological polar surface area (TPSA) is 38.2 Å². The molecular weight excluding hydrogens is 346 g/mol. The zero-order valence-corrected chi connectivity index (χ0v) is 15.1. The maximum atomic E-state index is 6.25. The second kappa shape index (κ2) is 5.89. The van der Waals surface area contributed by atoms with Crippen molar-refractivity contribution < 1.29 is 9.15 Å². The summed E-state index contributed by atoms with van der Waals surface area (Å²) in [5, 5.41) is 2.30. The first kappa shape index (κ1) is 15.3. The van der Waals surface area contributed by atoms with Crippen LogP contribution in [0.25, 0.3) is 27.6 Å². The number of aromatic nitrogens is 1. The van der Waals surface area contributed by atoms with Crippen molar-refractivity contribution in [3.05, 3.63) is 108 Å². The third kappa shape index (κ3) is 2.30. The van der Waals surface area contributed by atoms with Gasteiger partial charge >= 0.3 is 0 Å². The van der Waals surface area contributed by atoms with Crippen molar-refractivity contribution in [1.29, 1.82) is 0 Å². The minimum atomic E-state index is 0.0873. The van der Waals surface area contributed by atoms with E-state index in [-0.39, 0.29) is 5.92 Å². The standard InChI is InChI=1S/C25H17NO2/c1-5-11-22-16(7-1)13-24(27-22)25-14-19(18-9-3-6-12-23(18)28-25)20-15-26-21-10-4-2-8-17(20)21/h1-15,19,26H. The SMILES string of the molecule is C1=C(c2cc3ccccc3o2)Oc2ccccc2C1c1c[nH]c2ccccc12. The Morgan fingerprint density at radius 2 is 1.61 bits per heavy atom. The molecule has 0 spiro atoms. The van der Waals surface area contributed by atoms with E-state index in [0.29, 0.717) is 0 Å². The molecule has 6 rings (SSSR count). The van der Waals surface area contributed by atoms with E-state index in [2.05, 4.69) is 59.7 Å². The minimum Gasteiger partial charge on any atom is -0.453 e. The number of para-hydroxylation sites is 3. The van der Waals surface area contributed by atoms with Gasteiger partial charge in [0.15, 0.2) is 11.5 Å². The first-order chi connectivity index (χ1) is 13.9. The lowest BCUT2D eigenvalue weighted by molar-refractivity contribution is 0.460. The van der Waals surface area contributed by atoms with E-state index < -0.39 is 0 Å². The predicted molar refractivity (Wildman–Crippen MR) is 111 cm³/mol. The number of hydrogen-bond donors (Lipinski definition) is 1. The third-order valence-electron chi connectivity index (χ3n) is 5.42. The summed E-state index contributed by atoms with van der Waals surface area (Å²) in [6.07, 6.45) is 4.26. The van der Waals surface area contributed by atoms with Gasteiger partial charge in [-0.1, -0.05) is 54.6 Å². The van der Waals surface area contributed by atoms with E-state index in [0.717, 1.165) is 39.3 Å². The molecule has 0 fully saturated rings. The van der Waals surface area contributed by atoms with Crippen molar-refractivity contribution in [2.75, 3.05) is 0 Å². The van der Waals surface area contributed by atoms with Crippen LogP contribution in [0, 0.1) is 0 Å². The molecule has 0 saturated carbocycles. The minimum absolute atomic E-state index is 0.0873. The van der Waals surface area contributed by atoms with E-state index in [1.165, 1.54) is 10.9 Å². The number of fused-ring (bicyclic) bond motifs is 3. The Kier molecular flexibility index (Phi) is 3.23. The number of benzene rings is 3. The molecule has 0 aliphatic carbocycles. The molecule has 3 heterocycles. The summed E-state index contributed by atoms with van der Waals surface area (Å²) in [5.41, 5.74) is 4.40. The highest BCUT2D eigenvalue weighted by Gasteiger charge is 2.27. The van der Waals surface area contributed by atoms with Gasteiger partial charge in [-0.15, -0.1) is 0 Å². The van der Waals surface area contributed by atoms with E-state index in [1.54, 1.807) is 0 Å². The molecule has 3 heteroatoms. The Morgan fingerprint density at radius 1 is 0.786 bits per heavy atom. The van der Waals surface area contributed by atoms with Crippen LogP contribution in [0.4, 0.5) is 0 Å². The molecule has 3 nitrogen and oxygen atoms in total. The van der Waals surface area contributed by atoms with Crippen LogP contribution in [0.5, 0.6) is 5.75 Å². The molecular formula is C25H17NO2. The lowest BCUT2D eigenvalue weighted by Gasteiger charge is -2.24. The molecule has 1 aliphatic rings. The van der Waals surface area contributed by atoms with Crippen LogP contribution < -0.4 is 4.74 Å². The van der Waals surface area contributed by atoms with Gasteiger partial charge in [0.2, 0.25) is 0 Å². The Labute approximate surface area is 161 Å². The van der Waals surface area contributed by atoms with E-state index >= 15 is 0 Å². The van der Waals surface area contributed by atoms with Crippen LogP contribution in [-0.2, 0) is 0 Å². The van der Waals surface area contributed by atoms with E-state index in [1.807, 2.05) is 36.4 Å². The van der Waals surface area contributed by atoms with Crippen LogP contribution >= 0.6 is 0 Å². The maximum Gasteiger partial charge on any atom is 0.170 e. The molecule has 0 amide bonds. The summed E-state index contributed by atoms with van der Waals surface area (Å²) in [6, 6.07) is 26.7. The van der Waals surface area contributed by atoms with Crippen molar-refractivity contribution in [1.82, 2.24) is 4.98 Å².